The predicted molar refractivity (Wildman–Crippen MR) is 107 cm³/mol. The molecule has 0 spiro atoms. The second-order valence-corrected chi connectivity index (χ2v) is 10.1. The summed E-state index contributed by atoms with van der Waals surface area (Å²) in [5.74, 6) is -0.0195. The number of phenols is 1. The van der Waals surface area contributed by atoms with Crippen LogP contribution in [0, 0.1) is 11.3 Å². The van der Waals surface area contributed by atoms with Crippen molar-refractivity contribution < 1.29 is 26.7 Å². The molecule has 0 heterocycles. The van der Waals surface area contributed by atoms with Gasteiger partial charge in [-0.2, -0.15) is 18.4 Å². The van der Waals surface area contributed by atoms with Crippen molar-refractivity contribution in [3.63, 3.8) is 0 Å². The number of phenolic OH excluding ortho intramolecular Hbond substituents is 1. The summed E-state index contributed by atoms with van der Waals surface area (Å²) in [5, 5.41) is 19.6. The molecule has 2 aromatic rings. The predicted octanol–water partition coefficient (Wildman–Crippen LogP) is 5.81. The first-order chi connectivity index (χ1) is 13.2. The number of rotatable bonds is 3. The lowest BCUT2D eigenvalue weighted by atomic mass is 9.85. The van der Waals surface area contributed by atoms with Gasteiger partial charge in [0.25, 0.3) is 0 Å². The van der Waals surface area contributed by atoms with Gasteiger partial charge >= 0.3 is 6.18 Å². The summed E-state index contributed by atoms with van der Waals surface area (Å²) in [6.45, 7) is 5.52. The molecule has 0 radical (unpaired) electrons. The Kier molecular flexibility index (Phi) is 6.21. The molecule has 0 bridgehead atoms. The van der Waals surface area contributed by atoms with Gasteiger partial charge in [-0.15, -0.1) is 0 Å². The molecule has 0 saturated carbocycles. The molecule has 1 N–H and O–H groups in total. The van der Waals surface area contributed by atoms with Crippen molar-refractivity contribution in [3.05, 3.63) is 62.5 Å². The number of alkyl halides is 3. The fourth-order valence-corrected chi connectivity index (χ4v) is 4.25. The van der Waals surface area contributed by atoms with Gasteiger partial charge in [-0.3, -0.25) is 0 Å². The zero-order chi connectivity index (χ0) is 22.2. The van der Waals surface area contributed by atoms with E-state index in [4.69, 9.17) is 0 Å². The maximum atomic E-state index is 12.9. The molecule has 0 aliphatic carbocycles. The Morgan fingerprint density at radius 2 is 1.79 bits per heavy atom. The second-order valence-electron chi connectivity index (χ2n) is 7.30. The molecular formula is C20H17BrF3NO3S. The van der Waals surface area contributed by atoms with Gasteiger partial charge in [-0.05, 0) is 63.3 Å². The van der Waals surface area contributed by atoms with Crippen LogP contribution in [0.1, 0.15) is 37.5 Å². The van der Waals surface area contributed by atoms with Gasteiger partial charge in [-0.25, -0.2) is 8.42 Å². The van der Waals surface area contributed by atoms with E-state index in [0.717, 1.165) is 24.3 Å². The lowest BCUT2D eigenvalue weighted by Crippen LogP contribution is -2.12. The first kappa shape index (κ1) is 23.0. The zero-order valence-electron chi connectivity index (χ0n) is 15.7. The van der Waals surface area contributed by atoms with Crippen molar-refractivity contribution in [2.24, 2.45) is 0 Å². The molecule has 0 aromatic heterocycles. The minimum Gasteiger partial charge on any atom is -0.506 e. The number of benzene rings is 2. The highest BCUT2D eigenvalue weighted by Gasteiger charge is 2.32. The monoisotopic (exact) mass is 487 g/mol. The molecule has 29 heavy (non-hydrogen) atoms. The van der Waals surface area contributed by atoms with Crippen molar-refractivity contribution in [1.82, 2.24) is 0 Å². The van der Waals surface area contributed by atoms with Crippen LogP contribution >= 0.6 is 15.9 Å². The smallest absolute Gasteiger partial charge is 0.416 e. The number of allylic oxidation sites excluding steroid dienone is 1. The van der Waals surface area contributed by atoms with E-state index < -0.39 is 36.8 Å². The summed E-state index contributed by atoms with van der Waals surface area (Å²) in [4.78, 5) is -1.34. The van der Waals surface area contributed by atoms with E-state index in [2.05, 4.69) is 15.9 Å². The zero-order valence-corrected chi connectivity index (χ0v) is 18.1. The maximum absolute atomic E-state index is 12.9. The number of halogens is 4. The first-order valence-electron chi connectivity index (χ1n) is 8.25. The average Bonchev–Trinajstić information content (AvgIpc) is 2.60. The molecule has 0 aliphatic rings. The molecule has 2 aromatic carbocycles. The summed E-state index contributed by atoms with van der Waals surface area (Å²) in [5.41, 5.74) is -0.805. The number of hydrogen-bond acceptors (Lipinski definition) is 4. The quantitative estimate of drug-likeness (QED) is 0.554. The number of nitrogens with zero attached hydrogens (tertiary/aromatic N) is 1. The fourth-order valence-electron chi connectivity index (χ4n) is 2.56. The van der Waals surface area contributed by atoms with Crippen LogP contribution in [-0.4, -0.2) is 13.5 Å². The summed E-state index contributed by atoms with van der Waals surface area (Å²) in [6, 6.07) is 7.72. The van der Waals surface area contributed by atoms with Gasteiger partial charge in [-0.1, -0.05) is 26.8 Å². The SMILES string of the molecule is CC(C)(C)c1cc(C=C(C#N)S(=O)(=O)c2cccc(C(F)(F)F)c2)cc(Br)c1O. The van der Waals surface area contributed by atoms with Gasteiger partial charge in [0, 0.05) is 5.56 Å². The van der Waals surface area contributed by atoms with E-state index >= 15 is 0 Å². The normalized spacial score (nSPS) is 13.2. The fraction of sp³-hybridized carbons (Fsp3) is 0.250. The van der Waals surface area contributed by atoms with Gasteiger partial charge in [0.15, 0.2) is 0 Å². The Bertz CT molecular complexity index is 1130. The van der Waals surface area contributed by atoms with Crippen molar-refractivity contribution in [3.8, 4) is 11.8 Å². The summed E-state index contributed by atoms with van der Waals surface area (Å²) in [7, 11) is -4.48. The first-order valence-corrected chi connectivity index (χ1v) is 10.5. The molecule has 0 fully saturated rings. The van der Waals surface area contributed by atoms with Crippen molar-refractivity contribution in [2.75, 3.05) is 0 Å². The molecule has 0 saturated heterocycles. The third kappa shape index (κ3) is 5.00. The largest absolute Gasteiger partial charge is 0.506 e. The molecule has 9 heteroatoms. The molecule has 0 amide bonds. The van der Waals surface area contributed by atoms with Crippen LogP contribution in [0.25, 0.3) is 6.08 Å². The van der Waals surface area contributed by atoms with Gasteiger partial charge in [0.05, 0.1) is 14.9 Å². The number of aromatic hydroxyl groups is 1. The highest BCUT2D eigenvalue weighted by atomic mass is 79.9. The summed E-state index contributed by atoms with van der Waals surface area (Å²) in [6.07, 6.45) is -3.65. The van der Waals surface area contributed by atoms with Gasteiger partial charge in [0.2, 0.25) is 9.84 Å². The van der Waals surface area contributed by atoms with E-state index in [1.807, 2.05) is 20.8 Å². The van der Waals surface area contributed by atoms with E-state index in [0.29, 0.717) is 21.7 Å². The van der Waals surface area contributed by atoms with Crippen LogP contribution in [-0.2, 0) is 21.4 Å². The third-order valence-electron chi connectivity index (χ3n) is 4.06. The second kappa shape index (κ2) is 7.84. The Balaban J connectivity index is 2.64. The summed E-state index contributed by atoms with van der Waals surface area (Å²) < 4.78 is 64.6. The van der Waals surface area contributed by atoms with Crippen LogP contribution in [0.5, 0.6) is 5.75 Å². The van der Waals surface area contributed by atoms with Gasteiger partial charge < -0.3 is 5.11 Å². The van der Waals surface area contributed by atoms with Crippen LogP contribution in [0.15, 0.2) is 50.7 Å². The number of nitriles is 1. The lowest BCUT2D eigenvalue weighted by molar-refractivity contribution is -0.137. The molecule has 2 rings (SSSR count). The number of hydrogen-bond donors (Lipinski definition) is 1. The van der Waals surface area contributed by atoms with Crippen LogP contribution in [0.4, 0.5) is 13.2 Å². The Morgan fingerprint density at radius 3 is 2.31 bits per heavy atom. The Labute approximate surface area is 175 Å². The highest BCUT2D eigenvalue weighted by Crippen LogP contribution is 2.38. The van der Waals surface area contributed by atoms with Gasteiger partial charge in [0.1, 0.15) is 16.7 Å². The van der Waals surface area contributed by atoms with Crippen molar-refractivity contribution in [2.45, 2.75) is 37.3 Å². The van der Waals surface area contributed by atoms with E-state index in [1.165, 1.54) is 12.1 Å². The maximum Gasteiger partial charge on any atom is 0.416 e. The molecule has 0 unspecified atom stereocenters. The standard InChI is InChI=1S/C20H17BrF3NO3S/c1-19(2,3)16-8-12(9-17(21)18(16)26)7-15(11-25)29(27,28)14-6-4-5-13(10-14)20(22,23)24/h4-10,26H,1-3H3. The number of sulfone groups is 1. The highest BCUT2D eigenvalue weighted by molar-refractivity contribution is 9.10. The van der Waals surface area contributed by atoms with E-state index in [-0.39, 0.29) is 5.75 Å². The van der Waals surface area contributed by atoms with Crippen LogP contribution < -0.4 is 0 Å². The minimum absolute atomic E-state index is 0.0195. The molecular weight excluding hydrogens is 471 g/mol. The van der Waals surface area contributed by atoms with Crippen LogP contribution in [0.2, 0.25) is 0 Å². The van der Waals surface area contributed by atoms with Crippen molar-refractivity contribution >= 4 is 31.8 Å². The lowest BCUT2D eigenvalue weighted by Gasteiger charge is -2.21. The minimum atomic E-state index is -4.72. The Morgan fingerprint density at radius 1 is 1.17 bits per heavy atom. The summed E-state index contributed by atoms with van der Waals surface area (Å²) >= 11 is 3.19. The molecule has 0 aliphatic heterocycles. The van der Waals surface area contributed by atoms with Crippen molar-refractivity contribution in [1.29, 1.82) is 5.26 Å². The molecule has 4 nitrogen and oxygen atoms in total. The van der Waals surface area contributed by atoms with E-state index in [1.54, 1.807) is 6.07 Å². The topological polar surface area (TPSA) is 78.2 Å². The molecule has 154 valence electrons. The Hall–Kier alpha value is -2.31. The third-order valence-corrected chi connectivity index (χ3v) is 6.33. The van der Waals surface area contributed by atoms with Crippen LogP contribution in [0.3, 0.4) is 0 Å². The molecule has 0 atom stereocenters. The van der Waals surface area contributed by atoms with E-state index in [9.17, 15) is 32.0 Å². The average molecular weight is 488 g/mol.